The molecule has 0 aliphatic carbocycles. The molecule has 0 fully saturated rings. The van der Waals surface area contributed by atoms with E-state index in [-0.39, 0.29) is 0 Å². The zero-order valence-electron chi connectivity index (χ0n) is 15.8. The van der Waals surface area contributed by atoms with Crippen molar-refractivity contribution >= 4 is 21.8 Å². The Kier molecular flexibility index (Phi) is 3.83. The fourth-order valence-corrected chi connectivity index (χ4v) is 3.62. The number of pyridine rings is 1. The molecule has 28 heavy (non-hydrogen) atoms. The molecule has 0 N–H and O–H groups in total. The average Bonchev–Trinajstić information content (AvgIpc) is 3.14. The number of methoxy groups -OCH3 is 1. The maximum Gasteiger partial charge on any atom is 0.118 e. The highest BCUT2D eigenvalue weighted by Gasteiger charge is 2.17. The smallest absolute Gasteiger partial charge is 0.118 e. The Bertz CT molecular complexity index is 1290. The van der Waals surface area contributed by atoms with E-state index in [2.05, 4.69) is 37.3 Å². The van der Waals surface area contributed by atoms with Crippen molar-refractivity contribution in [2.45, 2.75) is 6.92 Å². The van der Waals surface area contributed by atoms with Gasteiger partial charge in [-0.05, 0) is 55.5 Å². The summed E-state index contributed by atoms with van der Waals surface area (Å²) in [5.41, 5.74) is 6.23. The van der Waals surface area contributed by atoms with Crippen molar-refractivity contribution in [1.82, 2.24) is 14.8 Å². The number of aromatic nitrogens is 3. The molecule has 0 unspecified atom stereocenters. The lowest BCUT2D eigenvalue weighted by Gasteiger charge is -2.06. The molecule has 0 amide bonds. The molecule has 0 saturated carbocycles. The van der Waals surface area contributed by atoms with Crippen LogP contribution in [0.5, 0.6) is 5.75 Å². The number of hydrogen-bond donors (Lipinski definition) is 0. The minimum absolute atomic E-state index is 0.828. The molecule has 5 aromatic rings. The summed E-state index contributed by atoms with van der Waals surface area (Å²) < 4.78 is 7.33. The number of hydrogen-bond acceptors (Lipinski definition) is 3. The van der Waals surface area contributed by atoms with Crippen LogP contribution in [0.1, 0.15) is 5.56 Å². The lowest BCUT2D eigenvalue weighted by molar-refractivity contribution is 0.415. The van der Waals surface area contributed by atoms with Gasteiger partial charge in [0.1, 0.15) is 11.4 Å². The van der Waals surface area contributed by atoms with Crippen molar-refractivity contribution in [3.63, 3.8) is 0 Å². The molecule has 0 bridgehead atoms. The van der Waals surface area contributed by atoms with E-state index in [9.17, 15) is 0 Å². The van der Waals surface area contributed by atoms with Gasteiger partial charge in [-0.25, -0.2) is 4.68 Å². The summed E-state index contributed by atoms with van der Waals surface area (Å²) in [6, 6.07) is 24.6. The molecule has 0 atom stereocenters. The van der Waals surface area contributed by atoms with E-state index in [1.165, 1.54) is 5.56 Å². The lowest BCUT2D eigenvalue weighted by atomic mass is 10.1. The topological polar surface area (TPSA) is 39.9 Å². The first-order chi connectivity index (χ1) is 13.7. The maximum atomic E-state index is 5.30. The summed E-state index contributed by atoms with van der Waals surface area (Å²) >= 11 is 0. The Morgan fingerprint density at radius 1 is 0.857 bits per heavy atom. The summed E-state index contributed by atoms with van der Waals surface area (Å²) in [4.78, 5) is 4.70. The van der Waals surface area contributed by atoms with Gasteiger partial charge in [0, 0.05) is 22.5 Å². The van der Waals surface area contributed by atoms with Gasteiger partial charge in [-0.2, -0.15) is 5.10 Å². The molecule has 3 aromatic carbocycles. The highest BCUT2D eigenvalue weighted by atomic mass is 16.5. The molecule has 0 aliphatic rings. The first-order valence-corrected chi connectivity index (χ1v) is 9.22. The van der Waals surface area contributed by atoms with Crippen LogP contribution in [0.3, 0.4) is 0 Å². The number of fused-ring (bicyclic) bond motifs is 3. The number of ether oxygens (including phenoxy) is 1. The number of benzene rings is 3. The molecular weight excluding hydrogens is 346 g/mol. The van der Waals surface area contributed by atoms with Gasteiger partial charge < -0.3 is 4.74 Å². The molecular formula is C24H19N3O. The van der Waals surface area contributed by atoms with Gasteiger partial charge in [-0.1, -0.05) is 29.8 Å². The predicted octanol–water partition coefficient (Wildman–Crippen LogP) is 5.56. The van der Waals surface area contributed by atoms with Crippen LogP contribution in [0, 0.1) is 6.92 Å². The standard InChI is InChI=1S/C24H19N3O/c1-16-8-13-22-20(14-16)24-21(15-25-22)23(17-9-11-19(28-2)12-10-17)26-27(24)18-6-4-3-5-7-18/h3-15H,1-2H3. The van der Waals surface area contributed by atoms with E-state index in [4.69, 9.17) is 14.8 Å². The van der Waals surface area contributed by atoms with Gasteiger partial charge in [-0.15, -0.1) is 0 Å². The van der Waals surface area contributed by atoms with Gasteiger partial charge in [0.05, 0.1) is 23.8 Å². The first-order valence-electron chi connectivity index (χ1n) is 9.22. The van der Waals surface area contributed by atoms with Crippen LogP contribution in [0.2, 0.25) is 0 Å². The summed E-state index contributed by atoms with van der Waals surface area (Å²) in [6.07, 6.45) is 1.93. The second kappa shape index (κ2) is 6.50. The fraction of sp³-hybridized carbons (Fsp3) is 0.0833. The minimum Gasteiger partial charge on any atom is -0.497 e. The fourth-order valence-electron chi connectivity index (χ4n) is 3.62. The van der Waals surface area contributed by atoms with Crippen molar-refractivity contribution in [3.8, 4) is 22.7 Å². The molecule has 0 saturated heterocycles. The predicted molar refractivity (Wildman–Crippen MR) is 113 cm³/mol. The van der Waals surface area contributed by atoms with Crippen LogP contribution >= 0.6 is 0 Å². The van der Waals surface area contributed by atoms with E-state index in [0.29, 0.717) is 0 Å². The van der Waals surface area contributed by atoms with E-state index >= 15 is 0 Å². The van der Waals surface area contributed by atoms with Gasteiger partial charge in [-0.3, -0.25) is 4.98 Å². The molecule has 5 rings (SSSR count). The van der Waals surface area contributed by atoms with Crippen LogP contribution in [0.15, 0.2) is 79.0 Å². The summed E-state index contributed by atoms with van der Waals surface area (Å²) in [5.74, 6) is 0.828. The van der Waals surface area contributed by atoms with Crippen LogP contribution < -0.4 is 4.74 Å². The molecule has 4 heteroatoms. The van der Waals surface area contributed by atoms with Gasteiger partial charge in [0.2, 0.25) is 0 Å². The Morgan fingerprint density at radius 3 is 2.39 bits per heavy atom. The van der Waals surface area contributed by atoms with Crippen molar-refractivity contribution in [2.75, 3.05) is 7.11 Å². The molecule has 136 valence electrons. The van der Waals surface area contributed by atoms with Crippen molar-refractivity contribution in [2.24, 2.45) is 0 Å². The Labute approximate surface area is 163 Å². The molecule has 0 radical (unpaired) electrons. The third-order valence-electron chi connectivity index (χ3n) is 5.03. The van der Waals surface area contributed by atoms with Crippen LogP contribution in [-0.2, 0) is 0 Å². The largest absolute Gasteiger partial charge is 0.497 e. The molecule has 0 spiro atoms. The quantitative estimate of drug-likeness (QED) is 0.420. The van der Waals surface area contributed by atoms with Crippen LogP contribution in [0.4, 0.5) is 0 Å². The number of aryl methyl sites for hydroxylation is 1. The highest BCUT2D eigenvalue weighted by molar-refractivity contribution is 6.08. The van der Waals surface area contributed by atoms with E-state index in [1.807, 2.05) is 53.3 Å². The minimum atomic E-state index is 0.828. The zero-order valence-corrected chi connectivity index (χ0v) is 15.8. The zero-order chi connectivity index (χ0) is 19.1. The Balaban J connectivity index is 1.87. The average molecular weight is 365 g/mol. The normalized spacial score (nSPS) is 11.2. The monoisotopic (exact) mass is 365 g/mol. The van der Waals surface area contributed by atoms with Gasteiger partial charge in [0.15, 0.2) is 0 Å². The maximum absolute atomic E-state index is 5.30. The van der Waals surface area contributed by atoms with Crippen LogP contribution in [0.25, 0.3) is 38.8 Å². The van der Waals surface area contributed by atoms with E-state index in [1.54, 1.807) is 7.11 Å². The summed E-state index contributed by atoms with van der Waals surface area (Å²) in [6.45, 7) is 2.10. The van der Waals surface area contributed by atoms with Gasteiger partial charge >= 0.3 is 0 Å². The highest BCUT2D eigenvalue weighted by Crippen LogP contribution is 2.34. The second-order valence-corrected chi connectivity index (χ2v) is 6.87. The number of nitrogens with zero attached hydrogens (tertiary/aromatic N) is 3. The van der Waals surface area contributed by atoms with E-state index < -0.39 is 0 Å². The first kappa shape index (κ1) is 16.5. The summed E-state index contributed by atoms with van der Waals surface area (Å²) in [7, 11) is 1.67. The van der Waals surface area contributed by atoms with Crippen molar-refractivity contribution < 1.29 is 4.74 Å². The lowest BCUT2D eigenvalue weighted by Crippen LogP contribution is -1.97. The number of para-hydroxylation sites is 1. The molecule has 4 nitrogen and oxygen atoms in total. The number of rotatable bonds is 3. The van der Waals surface area contributed by atoms with Crippen LogP contribution in [-0.4, -0.2) is 21.9 Å². The molecule has 2 heterocycles. The molecule has 0 aliphatic heterocycles. The summed E-state index contributed by atoms with van der Waals surface area (Å²) in [5, 5.41) is 7.14. The third kappa shape index (κ3) is 2.62. The second-order valence-electron chi connectivity index (χ2n) is 6.87. The van der Waals surface area contributed by atoms with E-state index in [0.717, 1.165) is 44.5 Å². The third-order valence-corrected chi connectivity index (χ3v) is 5.03. The van der Waals surface area contributed by atoms with Gasteiger partial charge in [0.25, 0.3) is 0 Å². The Morgan fingerprint density at radius 2 is 1.64 bits per heavy atom. The van der Waals surface area contributed by atoms with Crippen molar-refractivity contribution in [3.05, 3.63) is 84.6 Å². The Hall–Kier alpha value is -3.66. The SMILES string of the molecule is COc1ccc(-c2nn(-c3ccccc3)c3c2cnc2ccc(C)cc23)cc1. The van der Waals surface area contributed by atoms with Crippen molar-refractivity contribution in [1.29, 1.82) is 0 Å². The molecule has 2 aromatic heterocycles.